The Morgan fingerprint density at radius 2 is 2.19 bits per heavy atom. The van der Waals surface area contributed by atoms with Gasteiger partial charge in [0.05, 0.1) is 5.69 Å². The third kappa shape index (κ3) is 0.956. The van der Waals surface area contributed by atoms with Gasteiger partial charge in [-0.15, -0.1) is 0 Å². The molecule has 0 aliphatic heterocycles. The highest BCUT2D eigenvalue weighted by molar-refractivity contribution is 5.42. The number of nitrogens with zero attached hydrogens (tertiary/aromatic N) is 1. The van der Waals surface area contributed by atoms with Crippen molar-refractivity contribution in [1.29, 1.82) is 0 Å². The van der Waals surface area contributed by atoms with Crippen LogP contribution in [0.2, 0.25) is 0 Å². The highest BCUT2D eigenvalue weighted by Gasteiger charge is 2.61. The van der Waals surface area contributed by atoms with Crippen molar-refractivity contribution in [1.82, 2.24) is 9.97 Å². The van der Waals surface area contributed by atoms with Crippen LogP contribution >= 0.6 is 0 Å². The van der Waals surface area contributed by atoms with Gasteiger partial charge in [0.25, 0.3) is 0 Å². The highest BCUT2D eigenvalue weighted by atomic mass is 15.0. The summed E-state index contributed by atoms with van der Waals surface area (Å²) in [6, 6.07) is 0. The average Bonchev–Trinajstić information content (AvgIpc) is 2.75. The molecule has 1 aromatic heterocycles. The normalized spacial score (nSPS) is 34.4. The van der Waals surface area contributed by atoms with Crippen molar-refractivity contribution >= 4 is 0 Å². The van der Waals surface area contributed by atoms with Crippen molar-refractivity contribution in [2.24, 2.45) is 11.1 Å². The Bertz CT molecular complexity index is 432. The fraction of sp³-hybridized carbons (Fsp3) is 0.769. The molecule has 1 saturated carbocycles. The summed E-state index contributed by atoms with van der Waals surface area (Å²) in [6.45, 7) is 7.84. The number of aromatic amines is 1. The van der Waals surface area contributed by atoms with E-state index in [0.717, 1.165) is 12.2 Å². The second-order valence-electron chi connectivity index (χ2n) is 6.13. The van der Waals surface area contributed by atoms with Gasteiger partial charge in [0.1, 0.15) is 5.82 Å². The zero-order valence-electron chi connectivity index (χ0n) is 10.4. The van der Waals surface area contributed by atoms with E-state index in [1.165, 1.54) is 24.2 Å². The lowest BCUT2D eigenvalue weighted by molar-refractivity contribution is 0.225. The molecule has 2 unspecified atom stereocenters. The summed E-state index contributed by atoms with van der Waals surface area (Å²) in [4.78, 5) is 8.31. The molecule has 0 radical (unpaired) electrons. The number of nitrogens with two attached hydrogens (primary N) is 1. The summed E-state index contributed by atoms with van der Waals surface area (Å²) in [5, 5.41) is 0. The zero-order chi connectivity index (χ0) is 11.6. The monoisotopic (exact) mass is 219 g/mol. The van der Waals surface area contributed by atoms with Crippen LogP contribution in [0.1, 0.15) is 56.7 Å². The largest absolute Gasteiger partial charge is 0.345 e. The Balaban J connectivity index is 2.10. The molecule has 88 valence electrons. The second kappa shape index (κ2) is 2.89. The lowest BCUT2D eigenvalue weighted by atomic mass is 9.70. The summed E-state index contributed by atoms with van der Waals surface area (Å²) < 4.78 is 0. The molecule has 3 N–H and O–H groups in total. The quantitative estimate of drug-likeness (QED) is 0.800. The number of hydrogen-bond donors (Lipinski definition) is 2. The number of nitrogens with one attached hydrogen (secondary N) is 1. The predicted octanol–water partition coefficient (Wildman–Crippen LogP) is 2.09. The molecule has 2 atom stereocenters. The van der Waals surface area contributed by atoms with Crippen LogP contribution in [0, 0.1) is 5.41 Å². The molecule has 3 nitrogen and oxygen atoms in total. The predicted molar refractivity (Wildman–Crippen MR) is 64.5 cm³/mol. The first-order chi connectivity index (χ1) is 7.50. The fourth-order valence-electron chi connectivity index (χ4n) is 3.79. The van der Waals surface area contributed by atoms with E-state index in [0.29, 0.717) is 17.9 Å². The Labute approximate surface area is 96.8 Å². The molecule has 16 heavy (non-hydrogen) atoms. The minimum absolute atomic E-state index is 0.274. The lowest BCUT2D eigenvalue weighted by Crippen LogP contribution is -2.32. The molecule has 0 aromatic carbocycles. The minimum atomic E-state index is 0.274. The maximum atomic E-state index is 5.59. The van der Waals surface area contributed by atoms with E-state index in [1.807, 2.05) is 0 Å². The van der Waals surface area contributed by atoms with Gasteiger partial charge >= 0.3 is 0 Å². The Kier molecular flexibility index (Phi) is 1.87. The van der Waals surface area contributed by atoms with Crippen molar-refractivity contribution in [3.8, 4) is 0 Å². The summed E-state index contributed by atoms with van der Waals surface area (Å²) in [6.07, 6.45) is 3.46. The van der Waals surface area contributed by atoms with Gasteiger partial charge in [-0.05, 0) is 24.8 Å². The first-order valence-corrected chi connectivity index (χ1v) is 6.30. The lowest BCUT2D eigenvalue weighted by Gasteiger charge is -2.34. The average molecular weight is 219 g/mol. The first-order valence-electron chi connectivity index (χ1n) is 6.30. The Morgan fingerprint density at radius 1 is 1.44 bits per heavy atom. The van der Waals surface area contributed by atoms with Gasteiger partial charge in [-0.1, -0.05) is 20.8 Å². The van der Waals surface area contributed by atoms with Crippen LogP contribution in [-0.4, -0.2) is 16.5 Å². The van der Waals surface area contributed by atoms with Gasteiger partial charge in [0.2, 0.25) is 0 Å². The van der Waals surface area contributed by atoms with Crippen molar-refractivity contribution in [2.75, 3.05) is 6.54 Å². The number of hydrogen-bond acceptors (Lipinski definition) is 2. The minimum Gasteiger partial charge on any atom is -0.345 e. The van der Waals surface area contributed by atoms with E-state index in [-0.39, 0.29) is 5.41 Å². The highest BCUT2D eigenvalue weighted by Crippen LogP contribution is 2.66. The first kappa shape index (κ1) is 10.3. The molecule has 3 rings (SSSR count). The maximum Gasteiger partial charge on any atom is 0.107 e. The van der Waals surface area contributed by atoms with Crippen LogP contribution in [0.3, 0.4) is 0 Å². The molecule has 0 spiro atoms. The molecule has 3 heteroatoms. The summed E-state index contributed by atoms with van der Waals surface area (Å²) in [7, 11) is 0. The number of imidazole rings is 1. The smallest absolute Gasteiger partial charge is 0.107 e. The number of fused-ring (bicyclic) bond motifs is 5. The third-order valence-electron chi connectivity index (χ3n) is 5.26. The van der Waals surface area contributed by atoms with Gasteiger partial charge < -0.3 is 10.7 Å². The standard InChI is InChI=1S/C13H21N3/c1-12(2)8-4-6-13(12,3)11-10(8)15-9(16-11)5-7-14/h8H,4-7,14H2,1-3H3,(H,15,16). The van der Waals surface area contributed by atoms with Crippen molar-refractivity contribution in [2.45, 2.75) is 51.4 Å². The number of H-pyrrole nitrogens is 1. The summed E-state index contributed by atoms with van der Waals surface area (Å²) >= 11 is 0. The molecule has 0 amide bonds. The molecule has 2 bridgehead atoms. The van der Waals surface area contributed by atoms with Crippen LogP contribution in [0.5, 0.6) is 0 Å². The van der Waals surface area contributed by atoms with Crippen LogP contribution in [-0.2, 0) is 11.8 Å². The van der Waals surface area contributed by atoms with E-state index in [4.69, 9.17) is 10.7 Å². The maximum absolute atomic E-state index is 5.59. The summed E-state index contributed by atoms with van der Waals surface area (Å²) in [5.41, 5.74) is 8.96. The van der Waals surface area contributed by atoms with E-state index in [1.54, 1.807) is 0 Å². The number of rotatable bonds is 2. The molecular formula is C13H21N3. The second-order valence-corrected chi connectivity index (χ2v) is 6.13. The number of aromatic nitrogens is 2. The molecule has 2 aliphatic carbocycles. The van der Waals surface area contributed by atoms with Gasteiger partial charge in [0.15, 0.2) is 0 Å². The molecule has 0 saturated heterocycles. The third-order valence-corrected chi connectivity index (χ3v) is 5.26. The Hall–Kier alpha value is -0.830. The van der Waals surface area contributed by atoms with E-state index >= 15 is 0 Å². The summed E-state index contributed by atoms with van der Waals surface area (Å²) in [5.74, 6) is 1.76. The van der Waals surface area contributed by atoms with E-state index in [2.05, 4.69) is 25.8 Å². The Morgan fingerprint density at radius 3 is 2.81 bits per heavy atom. The topological polar surface area (TPSA) is 54.7 Å². The molecule has 1 aromatic rings. The SMILES string of the molecule is CC12CCC(c3[nH]c(CCN)nc31)C2(C)C. The van der Waals surface area contributed by atoms with Crippen LogP contribution in [0.4, 0.5) is 0 Å². The van der Waals surface area contributed by atoms with Gasteiger partial charge in [-0.3, -0.25) is 0 Å². The van der Waals surface area contributed by atoms with Crippen LogP contribution in [0.25, 0.3) is 0 Å². The van der Waals surface area contributed by atoms with Crippen molar-refractivity contribution in [3.05, 3.63) is 17.2 Å². The van der Waals surface area contributed by atoms with Gasteiger partial charge in [-0.2, -0.15) is 0 Å². The molecule has 1 heterocycles. The van der Waals surface area contributed by atoms with Gasteiger partial charge in [0, 0.05) is 23.4 Å². The van der Waals surface area contributed by atoms with Crippen molar-refractivity contribution < 1.29 is 0 Å². The van der Waals surface area contributed by atoms with E-state index < -0.39 is 0 Å². The molecule has 1 fully saturated rings. The fourth-order valence-corrected chi connectivity index (χ4v) is 3.79. The molecular weight excluding hydrogens is 198 g/mol. The zero-order valence-corrected chi connectivity index (χ0v) is 10.4. The van der Waals surface area contributed by atoms with Crippen LogP contribution in [0.15, 0.2) is 0 Å². The van der Waals surface area contributed by atoms with E-state index in [9.17, 15) is 0 Å². The van der Waals surface area contributed by atoms with Crippen molar-refractivity contribution in [3.63, 3.8) is 0 Å². The molecule has 2 aliphatic rings. The van der Waals surface area contributed by atoms with Gasteiger partial charge in [-0.25, -0.2) is 4.98 Å². The van der Waals surface area contributed by atoms with Crippen LogP contribution < -0.4 is 5.73 Å².